The standard InChI is InChI=1S/C17H26N4O4/c1-11(15-19-14(20-25-15)12-5-3-2-4-6-12)18-17(24)21-9-7-13(8-10-21)16(22)23/h11-13H,2-10H2,1H3,(H,18,24)(H,22,23). The first kappa shape index (κ1) is 17.7. The van der Waals surface area contributed by atoms with Crippen LogP contribution in [0.25, 0.3) is 0 Å². The lowest BCUT2D eigenvalue weighted by Gasteiger charge is -2.30. The highest BCUT2D eigenvalue weighted by Crippen LogP contribution is 2.31. The van der Waals surface area contributed by atoms with Crippen molar-refractivity contribution in [2.24, 2.45) is 5.92 Å². The Morgan fingerprint density at radius 1 is 1.20 bits per heavy atom. The zero-order valence-corrected chi connectivity index (χ0v) is 14.6. The minimum Gasteiger partial charge on any atom is -0.481 e. The number of hydrogen-bond donors (Lipinski definition) is 2. The van der Waals surface area contributed by atoms with Gasteiger partial charge in [0.15, 0.2) is 5.82 Å². The van der Waals surface area contributed by atoms with E-state index in [1.54, 1.807) is 4.90 Å². The second-order valence-corrected chi connectivity index (χ2v) is 7.10. The predicted octanol–water partition coefficient (Wildman–Crippen LogP) is 2.68. The number of carboxylic acid groups (broad SMARTS) is 1. The first-order valence-corrected chi connectivity index (χ1v) is 9.16. The number of carboxylic acids is 1. The third kappa shape index (κ3) is 4.29. The van der Waals surface area contributed by atoms with Crippen LogP contribution < -0.4 is 5.32 Å². The number of nitrogens with zero attached hydrogens (tertiary/aromatic N) is 3. The number of hydrogen-bond acceptors (Lipinski definition) is 5. The Balaban J connectivity index is 1.52. The average Bonchev–Trinajstić information content (AvgIpc) is 3.13. The summed E-state index contributed by atoms with van der Waals surface area (Å²) in [6.45, 7) is 2.72. The molecule has 8 nitrogen and oxygen atoms in total. The summed E-state index contributed by atoms with van der Waals surface area (Å²) in [5.74, 6) is 0.404. The fourth-order valence-electron chi connectivity index (χ4n) is 3.62. The molecule has 2 N–H and O–H groups in total. The first-order chi connectivity index (χ1) is 12.0. The largest absolute Gasteiger partial charge is 0.481 e. The third-order valence-corrected chi connectivity index (χ3v) is 5.27. The molecule has 1 unspecified atom stereocenters. The number of likely N-dealkylation sites (tertiary alicyclic amines) is 1. The van der Waals surface area contributed by atoms with Gasteiger partial charge in [-0.05, 0) is 32.6 Å². The van der Waals surface area contributed by atoms with Crippen LogP contribution in [0.2, 0.25) is 0 Å². The van der Waals surface area contributed by atoms with Gasteiger partial charge in [0.25, 0.3) is 0 Å². The molecule has 1 atom stereocenters. The van der Waals surface area contributed by atoms with Crippen LogP contribution in [-0.4, -0.2) is 45.2 Å². The monoisotopic (exact) mass is 350 g/mol. The number of carbonyl (C=O) groups is 2. The van der Waals surface area contributed by atoms with Crippen molar-refractivity contribution in [3.05, 3.63) is 11.7 Å². The molecular formula is C17H26N4O4. The molecule has 2 aliphatic rings. The molecule has 1 saturated carbocycles. The SMILES string of the molecule is CC(NC(=O)N1CCC(C(=O)O)CC1)c1nc(C2CCCCC2)no1. The minimum atomic E-state index is -0.783. The van der Waals surface area contributed by atoms with Crippen molar-refractivity contribution >= 4 is 12.0 Å². The topological polar surface area (TPSA) is 109 Å². The molecule has 1 aliphatic heterocycles. The molecule has 0 bridgehead atoms. The van der Waals surface area contributed by atoms with Crippen molar-refractivity contribution in [3.63, 3.8) is 0 Å². The zero-order chi connectivity index (χ0) is 17.8. The van der Waals surface area contributed by atoms with Gasteiger partial charge in [0.2, 0.25) is 5.89 Å². The number of aliphatic carboxylic acids is 1. The molecule has 2 heterocycles. The summed E-state index contributed by atoms with van der Waals surface area (Å²) in [6.07, 6.45) is 6.84. The Hall–Kier alpha value is -2.12. The van der Waals surface area contributed by atoms with Crippen molar-refractivity contribution in [3.8, 4) is 0 Å². The van der Waals surface area contributed by atoms with Gasteiger partial charge in [0.05, 0.1) is 5.92 Å². The van der Waals surface area contributed by atoms with Crippen LogP contribution >= 0.6 is 0 Å². The third-order valence-electron chi connectivity index (χ3n) is 5.27. The van der Waals surface area contributed by atoms with Crippen LogP contribution in [-0.2, 0) is 4.79 Å². The van der Waals surface area contributed by atoms with Crippen molar-refractivity contribution in [1.29, 1.82) is 0 Å². The number of nitrogens with one attached hydrogen (secondary N) is 1. The maximum absolute atomic E-state index is 12.3. The van der Waals surface area contributed by atoms with Gasteiger partial charge in [-0.15, -0.1) is 0 Å². The van der Waals surface area contributed by atoms with Crippen LogP contribution in [0.15, 0.2) is 4.52 Å². The van der Waals surface area contributed by atoms with E-state index in [1.165, 1.54) is 19.3 Å². The lowest BCUT2D eigenvalue weighted by atomic mass is 9.89. The summed E-state index contributed by atoms with van der Waals surface area (Å²) >= 11 is 0. The number of piperidine rings is 1. The summed E-state index contributed by atoms with van der Waals surface area (Å²) in [7, 11) is 0. The van der Waals surface area contributed by atoms with E-state index in [-0.39, 0.29) is 18.0 Å². The molecule has 0 radical (unpaired) electrons. The quantitative estimate of drug-likeness (QED) is 0.864. The highest BCUT2D eigenvalue weighted by molar-refractivity contribution is 5.75. The molecule has 2 fully saturated rings. The average molecular weight is 350 g/mol. The second kappa shape index (κ2) is 7.84. The van der Waals surface area contributed by atoms with Crippen LogP contribution in [0.1, 0.15) is 75.5 Å². The van der Waals surface area contributed by atoms with Crippen molar-refractivity contribution in [2.45, 2.75) is 63.8 Å². The molecule has 3 rings (SSSR count). The molecule has 0 spiro atoms. The van der Waals surface area contributed by atoms with Gasteiger partial charge in [0.1, 0.15) is 6.04 Å². The van der Waals surface area contributed by atoms with Gasteiger partial charge in [0, 0.05) is 19.0 Å². The van der Waals surface area contributed by atoms with Crippen LogP contribution in [0, 0.1) is 5.92 Å². The number of aromatic nitrogens is 2. The van der Waals surface area contributed by atoms with Crippen molar-refractivity contribution < 1.29 is 19.2 Å². The lowest BCUT2D eigenvalue weighted by molar-refractivity contribution is -0.143. The molecule has 25 heavy (non-hydrogen) atoms. The van der Waals surface area contributed by atoms with Gasteiger partial charge < -0.3 is 19.8 Å². The van der Waals surface area contributed by atoms with Crippen LogP contribution in [0.5, 0.6) is 0 Å². The summed E-state index contributed by atoms with van der Waals surface area (Å²) in [5.41, 5.74) is 0. The zero-order valence-electron chi connectivity index (χ0n) is 14.6. The molecule has 2 amide bonds. The molecule has 8 heteroatoms. The van der Waals surface area contributed by atoms with E-state index in [1.807, 2.05) is 6.92 Å². The van der Waals surface area contributed by atoms with E-state index in [4.69, 9.17) is 9.63 Å². The van der Waals surface area contributed by atoms with E-state index in [9.17, 15) is 9.59 Å². The highest BCUT2D eigenvalue weighted by Gasteiger charge is 2.29. The van der Waals surface area contributed by atoms with E-state index in [2.05, 4.69) is 15.5 Å². The van der Waals surface area contributed by atoms with Crippen LogP contribution in [0.3, 0.4) is 0 Å². The highest BCUT2D eigenvalue weighted by atomic mass is 16.5. The van der Waals surface area contributed by atoms with Gasteiger partial charge in [-0.1, -0.05) is 24.4 Å². The Labute approximate surface area is 147 Å². The Kier molecular flexibility index (Phi) is 5.55. The summed E-state index contributed by atoms with van der Waals surface area (Å²) < 4.78 is 5.34. The Morgan fingerprint density at radius 2 is 1.88 bits per heavy atom. The smallest absolute Gasteiger partial charge is 0.318 e. The first-order valence-electron chi connectivity index (χ1n) is 9.16. The van der Waals surface area contributed by atoms with Gasteiger partial charge >= 0.3 is 12.0 Å². The maximum atomic E-state index is 12.3. The summed E-state index contributed by atoms with van der Waals surface area (Å²) in [6, 6.07) is -0.580. The normalized spacial score (nSPS) is 21.1. The molecular weight excluding hydrogens is 324 g/mol. The fraction of sp³-hybridized carbons (Fsp3) is 0.765. The molecule has 1 saturated heterocycles. The number of urea groups is 1. The maximum Gasteiger partial charge on any atom is 0.318 e. The van der Waals surface area contributed by atoms with E-state index in [0.29, 0.717) is 37.7 Å². The van der Waals surface area contributed by atoms with E-state index in [0.717, 1.165) is 18.7 Å². The Morgan fingerprint density at radius 3 is 2.52 bits per heavy atom. The fourth-order valence-corrected chi connectivity index (χ4v) is 3.62. The van der Waals surface area contributed by atoms with Crippen molar-refractivity contribution in [2.75, 3.05) is 13.1 Å². The molecule has 0 aromatic carbocycles. The summed E-state index contributed by atoms with van der Waals surface area (Å²) in [4.78, 5) is 29.4. The molecule has 1 aromatic rings. The molecule has 1 aliphatic carbocycles. The predicted molar refractivity (Wildman–Crippen MR) is 89.0 cm³/mol. The summed E-state index contributed by atoms with van der Waals surface area (Å²) in [5, 5.41) is 16.0. The molecule has 1 aromatic heterocycles. The number of amides is 2. The van der Waals surface area contributed by atoms with Gasteiger partial charge in [-0.3, -0.25) is 4.79 Å². The minimum absolute atomic E-state index is 0.214. The van der Waals surface area contributed by atoms with Gasteiger partial charge in [-0.25, -0.2) is 4.79 Å². The van der Waals surface area contributed by atoms with E-state index >= 15 is 0 Å². The molecule has 138 valence electrons. The number of carbonyl (C=O) groups excluding carboxylic acids is 1. The number of rotatable bonds is 4. The lowest BCUT2D eigenvalue weighted by Crippen LogP contribution is -2.46. The van der Waals surface area contributed by atoms with Crippen LogP contribution in [0.4, 0.5) is 4.79 Å². The van der Waals surface area contributed by atoms with Gasteiger partial charge in [-0.2, -0.15) is 4.98 Å². The Bertz CT molecular complexity index is 604. The van der Waals surface area contributed by atoms with Crippen molar-refractivity contribution in [1.82, 2.24) is 20.4 Å². The second-order valence-electron chi connectivity index (χ2n) is 7.10. The van der Waals surface area contributed by atoms with E-state index < -0.39 is 5.97 Å².